The van der Waals surface area contributed by atoms with Crippen molar-refractivity contribution in [2.45, 2.75) is 6.92 Å². The molecule has 0 spiro atoms. The zero-order chi connectivity index (χ0) is 12.0. The Morgan fingerprint density at radius 2 is 1.57 bits per heavy atom. The predicted molar refractivity (Wildman–Crippen MR) is 58.7 cm³/mol. The van der Waals surface area contributed by atoms with Gasteiger partial charge in [-0.25, -0.2) is 4.79 Å². The Kier molecular flexibility index (Phi) is 21.9. The summed E-state index contributed by atoms with van der Waals surface area (Å²) in [6, 6.07) is 1.69. The van der Waals surface area contributed by atoms with Crippen LogP contribution in [0.4, 0.5) is 0 Å². The molecule has 3 nitrogen and oxygen atoms in total. The summed E-state index contributed by atoms with van der Waals surface area (Å²) in [5.74, 6) is -0.935. The average Bonchev–Trinajstić information content (AvgIpc) is 2.18. The number of carboxylic acid groups (broad SMARTS) is 1. The molecule has 0 amide bonds. The summed E-state index contributed by atoms with van der Waals surface area (Å²) in [6.45, 7) is 14.4. The molecule has 76 valence electrons. The number of hydrogen-bond acceptors (Lipinski definition) is 2. The van der Waals surface area contributed by atoms with E-state index in [9.17, 15) is 4.79 Å². The van der Waals surface area contributed by atoms with Crippen molar-refractivity contribution in [3.8, 4) is 6.07 Å². The first-order valence-electron chi connectivity index (χ1n) is 3.60. The summed E-state index contributed by atoms with van der Waals surface area (Å²) in [5, 5.41) is 15.4. The van der Waals surface area contributed by atoms with Crippen molar-refractivity contribution in [3.05, 3.63) is 50.1 Å². The van der Waals surface area contributed by atoms with Gasteiger partial charge in [-0.2, -0.15) is 5.26 Å². The summed E-state index contributed by atoms with van der Waals surface area (Å²) < 4.78 is 0. The van der Waals surface area contributed by atoms with Crippen LogP contribution in [-0.4, -0.2) is 11.1 Å². The van der Waals surface area contributed by atoms with E-state index in [4.69, 9.17) is 10.4 Å². The smallest absolute Gasteiger partial charge is 0.330 e. The van der Waals surface area contributed by atoms with Gasteiger partial charge >= 0.3 is 5.97 Å². The molecule has 0 aliphatic rings. The van der Waals surface area contributed by atoms with E-state index in [1.54, 1.807) is 18.2 Å². The number of nitriles is 1. The van der Waals surface area contributed by atoms with Crippen LogP contribution in [0.25, 0.3) is 0 Å². The second-order valence-electron chi connectivity index (χ2n) is 1.89. The zero-order valence-electron chi connectivity index (χ0n) is 8.36. The van der Waals surface area contributed by atoms with Crippen LogP contribution in [0.2, 0.25) is 0 Å². The summed E-state index contributed by atoms with van der Waals surface area (Å²) in [7, 11) is 0. The van der Waals surface area contributed by atoms with Gasteiger partial charge in [-0.1, -0.05) is 38.5 Å². The Bertz CT molecular complexity index is 229. The van der Waals surface area contributed by atoms with Gasteiger partial charge in [0.1, 0.15) is 0 Å². The van der Waals surface area contributed by atoms with Crippen molar-refractivity contribution in [2.75, 3.05) is 0 Å². The summed E-state index contributed by atoms with van der Waals surface area (Å²) in [4.78, 5) is 9.60. The molecular weight excluding hydrogens is 178 g/mol. The van der Waals surface area contributed by atoms with Crippen LogP contribution in [0.1, 0.15) is 6.92 Å². The van der Waals surface area contributed by atoms with Crippen molar-refractivity contribution >= 4 is 5.97 Å². The summed E-state index contributed by atoms with van der Waals surface area (Å²) in [6.07, 6.45) is 4.46. The van der Waals surface area contributed by atoms with Crippen molar-refractivity contribution in [2.24, 2.45) is 0 Å². The molecule has 0 atom stereocenters. The van der Waals surface area contributed by atoms with Gasteiger partial charge in [-0.3, -0.25) is 0 Å². The third-order valence-corrected chi connectivity index (χ3v) is 0.623. The maximum Gasteiger partial charge on any atom is 0.330 e. The normalized spacial score (nSPS) is 5.71. The first-order valence-corrected chi connectivity index (χ1v) is 3.60. The lowest BCUT2D eigenvalue weighted by Crippen LogP contribution is -1.92. The number of rotatable bonds is 2. The Morgan fingerprint density at radius 1 is 1.36 bits per heavy atom. The molecule has 0 rings (SSSR count). The van der Waals surface area contributed by atoms with E-state index in [1.165, 1.54) is 13.0 Å². The average molecular weight is 193 g/mol. The van der Waals surface area contributed by atoms with E-state index < -0.39 is 5.97 Å². The first kappa shape index (κ1) is 17.9. The van der Waals surface area contributed by atoms with Crippen LogP contribution < -0.4 is 0 Å². The molecule has 0 aliphatic carbocycles. The monoisotopic (exact) mass is 193 g/mol. The Balaban J connectivity index is -0.000000135. The summed E-state index contributed by atoms with van der Waals surface area (Å²) in [5.41, 5.74) is 0.176. The van der Waals surface area contributed by atoms with Crippen LogP contribution in [0.5, 0.6) is 0 Å². The third kappa shape index (κ3) is 51.4. The van der Waals surface area contributed by atoms with Gasteiger partial charge in [-0.05, 0) is 6.92 Å². The highest BCUT2D eigenvalue weighted by Gasteiger charge is 1.90. The number of nitrogens with zero attached hydrogens (tertiary/aromatic N) is 1. The molecule has 0 bridgehead atoms. The summed E-state index contributed by atoms with van der Waals surface area (Å²) >= 11 is 0. The van der Waals surface area contributed by atoms with Crippen LogP contribution >= 0.6 is 0 Å². The number of carbonyl (C=O) groups is 1. The molecule has 14 heavy (non-hydrogen) atoms. The fourth-order valence-corrected chi connectivity index (χ4v) is 0. The van der Waals surface area contributed by atoms with Crippen LogP contribution in [0.3, 0.4) is 0 Å². The van der Waals surface area contributed by atoms with Gasteiger partial charge < -0.3 is 5.11 Å². The quantitative estimate of drug-likeness (QED) is 0.416. The standard InChI is InChI=1S/C4H6O2.C4H6.C3H3N/c1-3(2)4(5)6;1-3-4-2;1-2-3-4/h1H2,2H3,(H,5,6);3-4H,1-2H2;2H,1H2. The fraction of sp³-hybridized carbons (Fsp3) is 0.0909. The molecule has 0 saturated carbocycles. The molecule has 0 unspecified atom stereocenters. The van der Waals surface area contributed by atoms with E-state index in [0.717, 1.165) is 0 Å². The van der Waals surface area contributed by atoms with Gasteiger partial charge in [0.25, 0.3) is 0 Å². The zero-order valence-corrected chi connectivity index (χ0v) is 8.36. The topological polar surface area (TPSA) is 61.1 Å². The van der Waals surface area contributed by atoms with Crippen molar-refractivity contribution in [1.29, 1.82) is 5.26 Å². The Labute approximate surface area is 85.0 Å². The molecule has 0 aromatic carbocycles. The Hall–Kier alpha value is -2.08. The number of allylic oxidation sites excluding steroid dienone is 3. The number of hydrogen-bond donors (Lipinski definition) is 1. The number of aliphatic carboxylic acids is 1. The first-order chi connectivity index (χ1) is 6.47. The van der Waals surface area contributed by atoms with Crippen LogP contribution in [0.15, 0.2) is 50.1 Å². The second kappa shape index (κ2) is 17.1. The van der Waals surface area contributed by atoms with E-state index in [2.05, 4.69) is 26.3 Å². The Morgan fingerprint density at radius 3 is 1.57 bits per heavy atom. The third-order valence-electron chi connectivity index (χ3n) is 0.623. The van der Waals surface area contributed by atoms with E-state index in [1.807, 2.05) is 0 Å². The van der Waals surface area contributed by atoms with Crippen molar-refractivity contribution < 1.29 is 9.90 Å². The van der Waals surface area contributed by atoms with Gasteiger partial charge in [-0.15, -0.1) is 0 Å². The van der Waals surface area contributed by atoms with Crippen molar-refractivity contribution in [3.63, 3.8) is 0 Å². The lowest BCUT2D eigenvalue weighted by atomic mass is 10.4. The molecule has 0 heterocycles. The minimum Gasteiger partial charge on any atom is -0.478 e. The molecule has 0 saturated heterocycles. The molecular formula is C11H15NO2. The van der Waals surface area contributed by atoms with Gasteiger partial charge in [0.15, 0.2) is 0 Å². The van der Waals surface area contributed by atoms with Gasteiger partial charge in [0, 0.05) is 11.6 Å². The fourth-order valence-electron chi connectivity index (χ4n) is 0. The molecule has 0 aromatic heterocycles. The molecule has 3 heteroatoms. The molecule has 0 aliphatic heterocycles. The molecule has 0 fully saturated rings. The van der Waals surface area contributed by atoms with Crippen LogP contribution in [0, 0.1) is 11.3 Å². The number of carboxylic acids is 1. The predicted octanol–water partition coefficient (Wildman–Crippen LogP) is 2.70. The second-order valence-corrected chi connectivity index (χ2v) is 1.89. The molecule has 0 radical (unpaired) electrons. The van der Waals surface area contributed by atoms with E-state index >= 15 is 0 Å². The minimum atomic E-state index is -0.935. The van der Waals surface area contributed by atoms with Gasteiger partial charge in [0.2, 0.25) is 0 Å². The maximum absolute atomic E-state index is 9.60. The lowest BCUT2D eigenvalue weighted by Gasteiger charge is -1.79. The highest BCUT2D eigenvalue weighted by molar-refractivity contribution is 5.84. The SMILES string of the molecule is C=C(C)C(=O)O.C=CC#N.C=CC=C. The van der Waals surface area contributed by atoms with Gasteiger partial charge in [0.05, 0.1) is 6.07 Å². The highest BCUT2D eigenvalue weighted by Crippen LogP contribution is 1.81. The van der Waals surface area contributed by atoms with Crippen molar-refractivity contribution in [1.82, 2.24) is 0 Å². The molecule has 0 aromatic rings. The lowest BCUT2D eigenvalue weighted by molar-refractivity contribution is -0.132. The molecule has 1 N–H and O–H groups in total. The van der Waals surface area contributed by atoms with Crippen LogP contribution in [-0.2, 0) is 4.79 Å². The van der Waals surface area contributed by atoms with E-state index in [0.29, 0.717) is 0 Å². The minimum absolute atomic E-state index is 0.176. The highest BCUT2D eigenvalue weighted by atomic mass is 16.4. The maximum atomic E-state index is 9.60. The van der Waals surface area contributed by atoms with E-state index in [-0.39, 0.29) is 5.57 Å². The largest absolute Gasteiger partial charge is 0.478 e.